The number of rotatable bonds is 3. The van der Waals surface area contributed by atoms with Crippen molar-refractivity contribution >= 4 is 33.2 Å². The summed E-state index contributed by atoms with van der Waals surface area (Å²) >= 11 is 4.66. The van der Waals surface area contributed by atoms with Crippen molar-refractivity contribution in [1.29, 1.82) is 0 Å². The van der Waals surface area contributed by atoms with Crippen molar-refractivity contribution in [3.63, 3.8) is 0 Å². The van der Waals surface area contributed by atoms with Gasteiger partial charge in [0, 0.05) is 11.1 Å². The third kappa shape index (κ3) is 3.08. The molecule has 72 valence electrons. The van der Waals surface area contributed by atoms with Crippen LogP contribution in [0, 0.1) is 6.92 Å². The summed E-state index contributed by atoms with van der Waals surface area (Å²) < 4.78 is 0. The Balaban J connectivity index is 2.58. The molecule has 1 aromatic rings. The Morgan fingerprint density at radius 1 is 1.85 bits per heavy atom. The number of alkyl halides is 1. The van der Waals surface area contributed by atoms with E-state index < -0.39 is 0 Å². The number of nitrogens with one attached hydrogen (secondary N) is 1. The Morgan fingerprint density at radius 3 is 3.00 bits per heavy atom. The van der Waals surface area contributed by atoms with Crippen molar-refractivity contribution in [2.45, 2.75) is 19.9 Å². The van der Waals surface area contributed by atoms with Crippen molar-refractivity contribution in [2.75, 3.05) is 5.33 Å². The van der Waals surface area contributed by atoms with Crippen LogP contribution in [0.15, 0.2) is 5.38 Å². The number of aryl methyl sites for hydroxylation is 1. The van der Waals surface area contributed by atoms with Crippen LogP contribution in [-0.4, -0.2) is 16.2 Å². The van der Waals surface area contributed by atoms with Crippen molar-refractivity contribution in [3.05, 3.63) is 16.1 Å². The van der Waals surface area contributed by atoms with Gasteiger partial charge in [0.25, 0.3) is 0 Å². The minimum Gasteiger partial charge on any atom is -0.346 e. The molecule has 0 saturated heterocycles. The highest BCUT2D eigenvalue weighted by molar-refractivity contribution is 9.09. The van der Waals surface area contributed by atoms with Crippen LogP contribution in [0.1, 0.15) is 23.7 Å². The largest absolute Gasteiger partial charge is 0.346 e. The summed E-state index contributed by atoms with van der Waals surface area (Å²) in [7, 11) is 0. The molecule has 1 N–H and O–H groups in total. The van der Waals surface area contributed by atoms with Gasteiger partial charge in [-0.2, -0.15) is 0 Å². The molecular weight excluding hydrogens is 252 g/mol. The maximum Gasteiger partial charge on any atom is 0.231 e. The van der Waals surface area contributed by atoms with Crippen LogP contribution in [-0.2, 0) is 4.79 Å². The fourth-order valence-corrected chi connectivity index (χ4v) is 1.88. The first kappa shape index (κ1) is 10.7. The van der Waals surface area contributed by atoms with Gasteiger partial charge in [0.05, 0.1) is 11.4 Å². The fraction of sp³-hybridized carbons (Fsp3) is 0.500. The molecular formula is C8H11BrN2OS. The fourth-order valence-electron chi connectivity index (χ4n) is 0.913. The van der Waals surface area contributed by atoms with E-state index >= 15 is 0 Å². The highest BCUT2D eigenvalue weighted by Crippen LogP contribution is 2.17. The first-order chi connectivity index (χ1) is 6.13. The van der Waals surface area contributed by atoms with Gasteiger partial charge in [0.1, 0.15) is 5.01 Å². The summed E-state index contributed by atoms with van der Waals surface area (Å²) in [6.45, 7) is 3.87. The molecule has 5 heteroatoms. The first-order valence-corrected chi connectivity index (χ1v) is 5.91. The zero-order valence-electron chi connectivity index (χ0n) is 7.50. The molecule has 0 radical (unpaired) electrons. The molecule has 1 unspecified atom stereocenters. The number of hydrogen-bond acceptors (Lipinski definition) is 3. The number of aromatic nitrogens is 1. The molecule has 0 fully saturated rings. The van der Waals surface area contributed by atoms with E-state index in [9.17, 15) is 4.79 Å². The lowest BCUT2D eigenvalue weighted by atomic mass is 10.3. The van der Waals surface area contributed by atoms with E-state index in [4.69, 9.17) is 0 Å². The molecule has 1 heterocycles. The number of halogens is 1. The van der Waals surface area contributed by atoms with Crippen molar-refractivity contribution in [2.24, 2.45) is 0 Å². The predicted octanol–water partition coefficient (Wildman–Crippen LogP) is 2.02. The Morgan fingerprint density at radius 2 is 2.54 bits per heavy atom. The lowest BCUT2D eigenvalue weighted by Gasteiger charge is -2.09. The normalized spacial score (nSPS) is 12.5. The Labute approximate surface area is 89.7 Å². The molecule has 0 aliphatic rings. The van der Waals surface area contributed by atoms with Crippen LogP contribution < -0.4 is 5.32 Å². The molecule has 13 heavy (non-hydrogen) atoms. The zero-order valence-corrected chi connectivity index (χ0v) is 9.91. The minimum absolute atomic E-state index is 0.00347. The van der Waals surface area contributed by atoms with Crippen molar-refractivity contribution < 1.29 is 4.79 Å². The molecule has 0 aromatic carbocycles. The molecule has 1 aromatic heterocycles. The average molecular weight is 263 g/mol. The second kappa shape index (κ2) is 4.72. The highest BCUT2D eigenvalue weighted by atomic mass is 79.9. The van der Waals surface area contributed by atoms with Gasteiger partial charge in [-0.25, -0.2) is 4.98 Å². The monoisotopic (exact) mass is 262 g/mol. The first-order valence-electron chi connectivity index (χ1n) is 3.91. The van der Waals surface area contributed by atoms with Crippen LogP contribution in [0.5, 0.6) is 0 Å². The van der Waals surface area contributed by atoms with Gasteiger partial charge in [0.2, 0.25) is 5.91 Å². The van der Waals surface area contributed by atoms with E-state index in [1.54, 1.807) is 11.3 Å². The van der Waals surface area contributed by atoms with E-state index in [0.29, 0.717) is 5.33 Å². The van der Waals surface area contributed by atoms with Crippen LogP contribution in [0.25, 0.3) is 0 Å². The summed E-state index contributed by atoms with van der Waals surface area (Å²) in [5, 5.41) is 6.09. The number of carbonyl (C=O) groups excluding carboxylic acids is 1. The maximum absolute atomic E-state index is 11.0. The molecule has 0 spiro atoms. The van der Waals surface area contributed by atoms with Gasteiger partial charge in [-0.15, -0.1) is 11.3 Å². The van der Waals surface area contributed by atoms with Gasteiger partial charge in [-0.05, 0) is 13.8 Å². The predicted molar refractivity (Wildman–Crippen MR) is 57.2 cm³/mol. The molecule has 3 nitrogen and oxygen atoms in total. The number of hydrogen-bond donors (Lipinski definition) is 1. The van der Waals surface area contributed by atoms with Crippen molar-refractivity contribution in [3.8, 4) is 0 Å². The summed E-state index contributed by atoms with van der Waals surface area (Å²) in [5.41, 5.74) is 1.000. The third-order valence-corrected chi connectivity index (χ3v) is 3.16. The molecule has 0 aliphatic heterocycles. The molecule has 0 aliphatic carbocycles. The molecule has 1 amide bonds. The number of amides is 1. The Bertz CT molecular complexity index is 300. The minimum atomic E-state index is -0.0136. The third-order valence-electron chi connectivity index (χ3n) is 1.51. The summed E-state index contributed by atoms with van der Waals surface area (Å²) in [4.78, 5) is 15.3. The van der Waals surface area contributed by atoms with Gasteiger partial charge in [-0.1, -0.05) is 15.9 Å². The topological polar surface area (TPSA) is 42.0 Å². The smallest absolute Gasteiger partial charge is 0.231 e. The van der Waals surface area contributed by atoms with Crippen LogP contribution in [0.3, 0.4) is 0 Å². The second-order valence-corrected chi connectivity index (χ2v) is 4.20. The van der Waals surface area contributed by atoms with Crippen molar-refractivity contribution in [1.82, 2.24) is 10.3 Å². The van der Waals surface area contributed by atoms with E-state index in [1.807, 2.05) is 19.2 Å². The molecule has 1 atom stereocenters. The van der Waals surface area contributed by atoms with Gasteiger partial charge < -0.3 is 5.32 Å². The van der Waals surface area contributed by atoms with E-state index in [1.165, 1.54) is 0 Å². The van der Waals surface area contributed by atoms with Crippen LogP contribution >= 0.6 is 27.3 Å². The van der Waals surface area contributed by atoms with E-state index in [-0.39, 0.29) is 11.9 Å². The Kier molecular flexibility index (Phi) is 3.87. The quantitative estimate of drug-likeness (QED) is 0.848. The molecule has 0 saturated carbocycles. The van der Waals surface area contributed by atoms with E-state index in [2.05, 4.69) is 26.2 Å². The lowest BCUT2D eigenvalue weighted by Crippen LogP contribution is -2.27. The standard InChI is InChI=1S/C8H11BrN2OS/c1-5-4-13-8(10-5)6(2)11-7(12)3-9/h4,6H,3H2,1-2H3,(H,11,12). The number of thiazole rings is 1. The lowest BCUT2D eigenvalue weighted by molar-refractivity contribution is -0.119. The second-order valence-electron chi connectivity index (χ2n) is 2.75. The maximum atomic E-state index is 11.0. The number of carbonyl (C=O) groups is 1. The van der Waals surface area contributed by atoms with Gasteiger partial charge >= 0.3 is 0 Å². The van der Waals surface area contributed by atoms with Crippen LogP contribution in [0.2, 0.25) is 0 Å². The highest BCUT2D eigenvalue weighted by Gasteiger charge is 2.11. The summed E-state index contributed by atoms with van der Waals surface area (Å²) in [6, 6.07) is 0.00347. The Hall–Kier alpha value is -0.420. The SMILES string of the molecule is Cc1csc(C(C)NC(=O)CBr)n1. The summed E-state index contributed by atoms with van der Waals surface area (Å²) in [5.74, 6) is -0.0136. The molecule has 0 bridgehead atoms. The number of nitrogens with zero attached hydrogens (tertiary/aromatic N) is 1. The average Bonchev–Trinajstić information content (AvgIpc) is 2.51. The summed E-state index contributed by atoms with van der Waals surface area (Å²) in [6.07, 6.45) is 0. The molecule has 1 rings (SSSR count). The zero-order chi connectivity index (χ0) is 9.84. The van der Waals surface area contributed by atoms with Crippen LogP contribution in [0.4, 0.5) is 0 Å². The van der Waals surface area contributed by atoms with Gasteiger partial charge in [0.15, 0.2) is 0 Å². The van der Waals surface area contributed by atoms with E-state index in [0.717, 1.165) is 10.7 Å². The van der Waals surface area contributed by atoms with Gasteiger partial charge in [-0.3, -0.25) is 4.79 Å².